The number of amides is 2. The number of hydrogen-bond donors (Lipinski definition) is 0. The van der Waals surface area contributed by atoms with Crippen molar-refractivity contribution in [3.63, 3.8) is 0 Å². The van der Waals surface area contributed by atoms with E-state index in [2.05, 4.69) is 12.2 Å². The third-order valence-electron chi connectivity index (χ3n) is 7.15. The van der Waals surface area contributed by atoms with E-state index < -0.39 is 18.3 Å². The number of carbonyl (C=O) groups is 2. The molecule has 27 heavy (non-hydrogen) atoms. The van der Waals surface area contributed by atoms with Crippen LogP contribution >= 0.6 is 0 Å². The van der Waals surface area contributed by atoms with Gasteiger partial charge < -0.3 is 9.31 Å². The Hall–Kier alpha value is -1.92. The van der Waals surface area contributed by atoms with E-state index in [0.717, 1.165) is 11.9 Å². The van der Waals surface area contributed by atoms with Crippen molar-refractivity contribution < 1.29 is 18.9 Å². The number of benzene rings is 1. The Bertz CT molecular complexity index is 813. The summed E-state index contributed by atoms with van der Waals surface area (Å²) in [6.45, 7) is 8.07. The average Bonchev–Trinajstić information content (AvgIpc) is 3.32. The lowest BCUT2D eigenvalue weighted by Gasteiger charge is -2.32. The molecule has 0 aromatic heterocycles. The summed E-state index contributed by atoms with van der Waals surface area (Å²) < 4.78 is 12.2. The average molecular weight is 365 g/mol. The number of imide groups is 1. The van der Waals surface area contributed by atoms with E-state index in [9.17, 15) is 9.59 Å². The molecule has 2 aliphatic carbocycles. The fourth-order valence-electron chi connectivity index (χ4n) is 4.92. The lowest BCUT2D eigenvalue weighted by Crippen LogP contribution is -2.41. The molecule has 4 atom stereocenters. The molecular weight excluding hydrogens is 341 g/mol. The van der Waals surface area contributed by atoms with E-state index in [1.807, 2.05) is 52.0 Å². The van der Waals surface area contributed by atoms with Crippen LogP contribution in [0.4, 0.5) is 5.69 Å². The first kappa shape index (κ1) is 17.2. The van der Waals surface area contributed by atoms with E-state index in [1.54, 1.807) is 0 Å². The van der Waals surface area contributed by atoms with Gasteiger partial charge in [-0.15, -0.1) is 0 Å². The molecule has 5 rings (SSSR count). The van der Waals surface area contributed by atoms with E-state index in [4.69, 9.17) is 9.31 Å². The minimum atomic E-state index is -0.451. The monoisotopic (exact) mass is 365 g/mol. The Morgan fingerprint density at radius 1 is 0.889 bits per heavy atom. The van der Waals surface area contributed by atoms with Crippen LogP contribution in [0.2, 0.25) is 0 Å². The minimum absolute atomic E-state index is 0.0507. The maximum Gasteiger partial charge on any atom is 0.494 e. The van der Waals surface area contributed by atoms with Gasteiger partial charge in [0, 0.05) is 0 Å². The van der Waals surface area contributed by atoms with Crippen LogP contribution in [0.3, 0.4) is 0 Å². The molecule has 2 amide bonds. The predicted molar refractivity (Wildman–Crippen MR) is 102 cm³/mol. The highest BCUT2D eigenvalue weighted by Crippen LogP contribution is 2.53. The highest BCUT2D eigenvalue weighted by atomic mass is 16.7. The smallest absolute Gasteiger partial charge is 0.399 e. The zero-order chi connectivity index (χ0) is 19.1. The number of carbonyl (C=O) groups excluding carboxylic acids is 2. The fraction of sp³-hybridized carbons (Fsp3) is 0.524. The number of allylic oxidation sites excluding steroid dienone is 2. The van der Waals surface area contributed by atoms with Gasteiger partial charge in [0.05, 0.1) is 28.7 Å². The second-order valence-electron chi connectivity index (χ2n) is 9.19. The molecule has 1 aromatic carbocycles. The largest absolute Gasteiger partial charge is 0.494 e. The van der Waals surface area contributed by atoms with Gasteiger partial charge in [-0.25, -0.2) is 0 Å². The van der Waals surface area contributed by atoms with Crippen molar-refractivity contribution >= 4 is 30.1 Å². The molecule has 0 radical (unpaired) electrons. The zero-order valence-corrected chi connectivity index (χ0v) is 16.1. The molecule has 3 fully saturated rings. The SMILES string of the molecule is CC1(C)OB(c2ccc(N3C(=O)C4C5C=CC(C5)C4C3=O)cc2)OC1(C)C. The summed E-state index contributed by atoms with van der Waals surface area (Å²) in [7, 11) is -0.451. The van der Waals surface area contributed by atoms with Crippen LogP contribution in [0.25, 0.3) is 0 Å². The first-order valence-corrected chi connectivity index (χ1v) is 9.71. The minimum Gasteiger partial charge on any atom is -0.399 e. The van der Waals surface area contributed by atoms with Gasteiger partial charge in [0.25, 0.3) is 0 Å². The highest BCUT2D eigenvalue weighted by molar-refractivity contribution is 6.62. The van der Waals surface area contributed by atoms with E-state index in [1.165, 1.54) is 4.90 Å². The van der Waals surface area contributed by atoms with Gasteiger partial charge in [0.1, 0.15) is 0 Å². The zero-order valence-electron chi connectivity index (χ0n) is 16.1. The van der Waals surface area contributed by atoms with Crippen LogP contribution in [0.15, 0.2) is 36.4 Å². The topological polar surface area (TPSA) is 55.8 Å². The van der Waals surface area contributed by atoms with Gasteiger partial charge in [0.2, 0.25) is 11.8 Å². The summed E-state index contributed by atoms with van der Waals surface area (Å²) in [5.41, 5.74) is 0.722. The molecule has 4 unspecified atom stereocenters. The van der Waals surface area contributed by atoms with E-state index >= 15 is 0 Å². The maximum atomic E-state index is 12.9. The van der Waals surface area contributed by atoms with E-state index in [-0.39, 0.29) is 35.5 Å². The van der Waals surface area contributed by atoms with Gasteiger partial charge in [-0.2, -0.15) is 0 Å². The van der Waals surface area contributed by atoms with Crippen LogP contribution in [-0.2, 0) is 18.9 Å². The molecule has 0 spiro atoms. The molecule has 6 heteroatoms. The Kier molecular flexibility index (Phi) is 3.39. The molecule has 1 saturated carbocycles. The quantitative estimate of drug-likeness (QED) is 0.459. The molecule has 140 valence electrons. The second kappa shape index (κ2) is 5.33. The van der Waals surface area contributed by atoms with Crippen molar-refractivity contribution in [1.29, 1.82) is 0 Å². The van der Waals surface area contributed by atoms with Crippen LogP contribution in [0.5, 0.6) is 0 Å². The van der Waals surface area contributed by atoms with Crippen LogP contribution in [0.1, 0.15) is 34.1 Å². The summed E-state index contributed by atoms with van der Waals surface area (Å²) in [6, 6.07) is 7.43. The van der Waals surface area contributed by atoms with Gasteiger partial charge in [-0.1, -0.05) is 24.3 Å². The van der Waals surface area contributed by atoms with Crippen molar-refractivity contribution in [2.45, 2.75) is 45.3 Å². The van der Waals surface area contributed by atoms with Crippen molar-refractivity contribution in [2.24, 2.45) is 23.7 Å². The first-order chi connectivity index (χ1) is 12.7. The van der Waals surface area contributed by atoms with E-state index in [0.29, 0.717) is 5.69 Å². The molecular formula is C21H24BNO4. The molecule has 4 aliphatic rings. The third kappa shape index (κ3) is 2.26. The lowest BCUT2D eigenvalue weighted by molar-refractivity contribution is -0.123. The summed E-state index contributed by atoms with van der Waals surface area (Å²) >= 11 is 0. The number of anilines is 1. The molecule has 0 N–H and O–H groups in total. The number of nitrogens with zero attached hydrogens (tertiary/aromatic N) is 1. The second-order valence-corrected chi connectivity index (χ2v) is 9.19. The van der Waals surface area contributed by atoms with Crippen molar-refractivity contribution in [3.05, 3.63) is 36.4 Å². The highest BCUT2D eigenvalue weighted by Gasteiger charge is 2.59. The van der Waals surface area contributed by atoms with Crippen LogP contribution < -0.4 is 10.4 Å². The number of hydrogen-bond acceptors (Lipinski definition) is 4. The maximum absolute atomic E-state index is 12.9. The van der Waals surface area contributed by atoms with Gasteiger partial charge in [-0.05, 0) is 63.5 Å². The lowest BCUT2D eigenvalue weighted by atomic mass is 9.79. The summed E-state index contributed by atoms with van der Waals surface area (Å²) in [5.74, 6) is 0.0111. The summed E-state index contributed by atoms with van der Waals surface area (Å²) in [6.07, 6.45) is 5.17. The fourth-order valence-corrected chi connectivity index (χ4v) is 4.92. The predicted octanol–water partition coefficient (Wildman–Crippen LogP) is 2.30. The molecule has 2 heterocycles. The third-order valence-corrected chi connectivity index (χ3v) is 7.15. The van der Waals surface area contributed by atoms with Crippen LogP contribution in [0, 0.1) is 23.7 Å². The molecule has 2 bridgehead atoms. The van der Waals surface area contributed by atoms with Crippen LogP contribution in [-0.4, -0.2) is 30.1 Å². The molecule has 5 nitrogen and oxygen atoms in total. The Morgan fingerprint density at radius 3 is 1.85 bits per heavy atom. The van der Waals surface area contributed by atoms with Crippen molar-refractivity contribution in [2.75, 3.05) is 4.90 Å². The Balaban J connectivity index is 1.39. The van der Waals surface area contributed by atoms with Crippen molar-refractivity contribution in [1.82, 2.24) is 0 Å². The number of rotatable bonds is 2. The molecule has 1 aromatic rings. The van der Waals surface area contributed by atoms with Crippen molar-refractivity contribution in [3.8, 4) is 0 Å². The first-order valence-electron chi connectivity index (χ1n) is 9.71. The Morgan fingerprint density at radius 2 is 1.37 bits per heavy atom. The van der Waals surface area contributed by atoms with Gasteiger partial charge in [0.15, 0.2) is 0 Å². The molecule has 2 saturated heterocycles. The Labute approximate surface area is 159 Å². The van der Waals surface area contributed by atoms with Gasteiger partial charge >= 0.3 is 7.12 Å². The molecule has 2 aliphatic heterocycles. The normalized spacial score (nSPS) is 35.4. The summed E-state index contributed by atoms with van der Waals surface area (Å²) in [5, 5.41) is 0. The number of fused-ring (bicyclic) bond motifs is 5. The standard InChI is InChI=1S/C21H24BNO4/c1-20(2)21(3,4)27-22(26-20)14-7-9-15(10-8-14)23-18(24)16-12-5-6-13(11-12)17(16)19(23)25/h5-10,12-13,16-17H,11H2,1-4H3. The summed E-state index contributed by atoms with van der Waals surface area (Å²) in [4.78, 5) is 27.2. The van der Waals surface area contributed by atoms with Gasteiger partial charge in [-0.3, -0.25) is 14.5 Å².